The maximum Gasteiger partial charge on any atom is 0.319 e. The largest absolute Gasteiger partial charge is 0.494 e. The second kappa shape index (κ2) is 8.74. The zero-order valence-corrected chi connectivity index (χ0v) is 15.6. The lowest BCUT2D eigenvalue weighted by molar-refractivity contribution is -0.126. The number of benzene rings is 1. The van der Waals surface area contributed by atoms with E-state index in [0.29, 0.717) is 32.5 Å². The molecule has 25 heavy (non-hydrogen) atoms. The molecule has 1 fully saturated rings. The first-order chi connectivity index (χ1) is 11.9. The highest BCUT2D eigenvalue weighted by Crippen LogP contribution is 2.22. The van der Waals surface area contributed by atoms with Gasteiger partial charge in [-0.05, 0) is 44.4 Å². The summed E-state index contributed by atoms with van der Waals surface area (Å²) in [5.41, 5.74) is 1.03. The third-order valence-electron chi connectivity index (χ3n) is 4.55. The Bertz CT molecular complexity index is 595. The Morgan fingerprint density at radius 3 is 2.60 bits per heavy atom. The van der Waals surface area contributed by atoms with Gasteiger partial charge < -0.3 is 19.9 Å². The van der Waals surface area contributed by atoms with Gasteiger partial charge >= 0.3 is 6.03 Å². The first-order valence-corrected chi connectivity index (χ1v) is 8.91. The number of nitrogens with zero attached hydrogens (tertiary/aromatic N) is 2. The Morgan fingerprint density at radius 1 is 1.32 bits per heavy atom. The quantitative estimate of drug-likeness (QED) is 0.891. The lowest BCUT2D eigenvalue weighted by Crippen LogP contribution is -2.46. The van der Waals surface area contributed by atoms with E-state index >= 15 is 0 Å². The second-order valence-corrected chi connectivity index (χ2v) is 6.67. The third kappa shape index (κ3) is 5.11. The van der Waals surface area contributed by atoms with Crippen LogP contribution >= 0.6 is 0 Å². The minimum Gasteiger partial charge on any atom is -0.494 e. The van der Waals surface area contributed by atoms with Crippen molar-refractivity contribution in [2.24, 2.45) is 5.92 Å². The molecule has 0 aromatic heterocycles. The molecule has 0 unspecified atom stereocenters. The van der Waals surface area contributed by atoms with Gasteiger partial charge in [0, 0.05) is 33.1 Å². The van der Waals surface area contributed by atoms with E-state index in [2.05, 4.69) is 5.32 Å². The van der Waals surface area contributed by atoms with Crippen LogP contribution in [0.25, 0.3) is 0 Å². The van der Waals surface area contributed by atoms with Crippen LogP contribution < -0.4 is 10.1 Å². The van der Waals surface area contributed by atoms with Crippen LogP contribution in [0.2, 0.25) is 0 Å². The summed E-state index contributed by atoms with van der Waals surface area (Å²) in [6.07, 6.45) is 1.41. The van der Waals surface area contributed by atoms with Crippen molar-refractivity contribution >= 4 is 11.9 Å². The summed E-state index contributed by atoms with van der Waals surface area (Å²) in [4.78, 5) is 27.9. The van der Waals surface area contributed by atoms with Gasteiger partial charge in [0.05, 0.1) is 12.6 Å². The van der Waals surface area contributed by atoms with E-state index in [9.17, 15) is 9.59 Å². The molecule has 138 valence electrons. The van der Waals surface area contributed by atoms with Crippen LogP contribution in [0.1, 0.15) is 38.3 Å². The SMILES string of the molecule is CCOc1cccc([C@@H](C)NC(=O)C2CCN(C(=O)N(C)C)CC2)c1. The van der Waals surface area contributed by atoms with Gasteiger partial charge in [-0.3, -0.25) is 4.79 Å². The summed E-state index contributed by atoms with van der Waals surface area (Å²) in [6, 6.07) is 7.75. The highest BCUT2D eigenvalue weighted by molar-refractivity contribution is 5.80. The van der Waals surface area contributed by atoms with Gasteiger partial charge in [-0.2, -0.15) is 0 Å². The van der Waals surface area contributed by atoms with Gasteiger partial charge in [0.15, 0.2) is 0 Å². The van der Waals surface area contributed by atoms with Crippen molar-refractivity contribution in [3.8, 4) is 5.75 Å². The molecule has 1 heterocycles. The normalized spacial score (nSPS) is 16.2. The zero-order chi connectivity index (χ0) is 18.4. The predicted octanol–water partition coefficient (Wildman–Crippen LogP) is 2.66. The molecule has 1 atom stereocenters. The number of carbonyl (C=O) groups is 2. The van der Waals surface area contributed by atoms with Crippen molar-refractivity contribution in [1.82, 2.24) is 15.1 Å². The van der Waals surface area contributed by atoms with Gasteiger partial charge in [0.1, 0.15) is 5.75 Å². The number of carbonyl (C=O) groups excluding carboxylic acids is 2. The van der Waals surface area contributed by atoms with Crippen LogP contribution in [-0.2, 0) is 4.79 Å². The molecule has 0 spiro atoms. The Balaban J connectivity index is 1.88. The molecule has 1 N–H and O–H groups in total. The molecule has 0 bridgehead atoms. The second-order valence-electron chi connectivity index (χ2n) is 6.67. The number of amides is 3. The van der Waals surface area contributed by atoms with Crippen molar-refractivity contribution < 1.29 is 14.3 Å². The van der Waals surface area contributed by atoms with Gasteiger partial charge in [0.25, 0.3) is 0 Å². The molecule has 1 aromatic rings. The summed E-state index contributed by atoms with van der Waals surface area (Å²) in [6.45, 7) is 5.81. The number of likely N-dealkylation sites (tertiary alicyclic amines) is 1. The molecule has 0 saturated carbocycles. The Hall–Kier alpha value is -2.24. The number of hydrogen-bond acceptors (Lipinski definition) is 3. The van der Waals surface area contributed by atoms with E-state index in [1.54, 1.807) is 23.9 Å². The van der Waals surface area contributed by atoms with Crippen LogP contribution in [0.15, 0.2) is 24.3 Å². The molecule has 6 heteroatoms. The van der Waals surface area contributed by atoms with Gasteiger partial charge in [-0.15, -0.1) is 0 Å². The average Bonchev–Trinajstić information content (AvgIpc) is 2.61. The smallest absolute Gasteiger partial charge is 0.319 e. The third-order valence-corrected chi connectivity index (χ3v) is 4.55. The minimum atomic E-state index is -0.0747. The number of rotatable bonds is 5. The lowest BCUT2D eigenvalue weighted by atomic mass is 9.95. The van der Waals surface area contributed by atoms with Crippen molar-refractivity contribution in [3.05, 3.63) is 29.8 Å². The molecule has 3 amide bonds. The Kier molecular flexibility index (Phi) is 6.67. The zero-order valence-electron chi connectivity index (χ0n) is 15.6. The highest BCUT2D eigenvalue weighted by atomic mass is 16.5. The lowest BCUT2D eigenvalue weighted by Gasteiger charge is -2.33. The fraction of sp³-hybridized carbons (Fsp3) is 0.579. The van der Waals surface area contributed by atoms with Gasteiger partial charge in [-0.1, -0.05) is 12.1 Å². The van der Waals surface area contributed by atoms with Crippen molar-refractivity contribution in [2.45, 2.75) is 32.7 Å². The molecular weight excluding hydrogens is 318 g/mol. The molecule has 2 rings (SSSR count). The fourth-order valence-corrected chi connectivity index (χ4v) is 3.07. The van der Waals surface area contributed by atoms with E-state index in [-0.39, 0.29) is 23.9 Å². The minimum absolute atomic E-state index is 0.0139. The van der Waals surface area contributed by atoms with Crippen molar-refractivity contribution in [2.75, 3.05) is 33.8 Å². The van der Waals surface area contributed by atoms with Crippen molar-refractivity contribution in [1.29, 1.82) is 0 Å². The van der Waals surface area contributed by atoms with E-state index < -0.39 is 0 Å². The van der Waals surface area contributed by atoms with E-state index in [1.165, 1.54) is 0 Å². The number of urea groups is 1. The van der Waals surface area contributed by atoms with Crippen LogP contribution in [-0.4, -0.2) is 55.5 Å². The van der Waals surface area contributed by atoms with E-state index in [1.807, 2.05) is 38.1 Å². The average molecular weight is 347 g/mol. The van der Waals surface area contributed by atoms with Crippen molar-refractivity contribution in [3.63, 3.8) is 0 Å². The monoisotopic (exact) mass is 347 g/mol. The molecule has 1 aromatic carbocycles. The van der Waals surface area contributed by atoms with Crippen LogP contribution in [0.3, 0.4) is 0 Å². The van der Waals surface area contributed by atoms with Crippen LogP contribution in [0.5, 0.6) is 5.75 Å². The first-order valence-electron chi connectivity index (χ1n) is 8.91. The van der Waals surface area contributed by atoms with E-state index in [4.69, 9.17) is 4.74 Å². The summed E-state index contributed by atoms with van der Waals surface area (Å²) in [5.74, 6) is 0.839. The topological polar surface area (TPSA) is 61.9 Å². The van der Waals surface area contributed by atoms with Gasteiger partial charge in [0.2, 0.25) is 5.91 Å². The number of nitrogens with one attached hydrogen (secondary N) is 1. The summed E-state index contributed by atoms with van der Waals surface area (Å²) in [7, 11) is 3.50. The Labute approximate surface area is 150 Å². The maximum atomic E-state index is 12.5. The van der Waals surface area contributed by atoms with Crippen LogP contribution in [0.4, 0.5) is 4.79 Å². The highest BCUT2D eigenvalue weighted by Gasteiger charge is 2.28. The fourth-order valence-electron chi connectivity index (χ4n) is 3.07. The molecule has 0 aliphatic carbocycles. The predicted molar refractivity (Wildman–Crippen MR) is 97.5 cm³/mol. The molecule has 1 aliphatic rings. The maximum absolute atomic E-state index is 12.5. The number of ether oxygens (including phenoxy) is 1. The Morgan fingerprint density at radius 2 is 2.00 bits per heavy atom. The molecular formula is C19H29N3O3. The first kappa shape index (κ1) is 19.1. The molecule has 1 aliphatic heterocycles. The van der Waals surface area contributed by atoms with E-state index in [0.717, 1.165) is 11.3 Å². The summed E-state index contributed by atoms with van der Waals surface area (Å²) in [5, 5.41) is 3.09. The summed E-state index contributed by atoms with van der Waals surface area (Å²) < 4.78 is 5.52. The van der Waals surface area contributed by atoms with Crippen LogP contribution in [0, 0.1) is 5.92 Å². The van der Waals surface area contributed by atoms with Gasteiger partial charge in [-0.25, -0.2) is 4.79 Å². The standard InChI is InChI=1S/C19H29N3O3/c1-5-25-17-8-6-7-16(13-17)14(2)20-18(23)15-9-11-22(12-10-15)19(24)21(3)4/h6-8,13-15H,5,9-12H2,1-4H3,(H,20,23)/t14-/m1/s1. The molecule has 0 radical (unpaired) electrons. The summed E-state index contributed by atoms with van der Waals surface area (Å²) >= 11 is 0. The number of piperidine rings is 1. The molecule has 1 saturated heterocycles. The molecule has 6 nitrogen and oxygen atoms in total. The number of hydrogen-bond donors (Lipinski definition) is 1.